The Kier molecular flexibility index (Phi) is 6.15. The van der Waals surface area contributed by atoms with Crippen molar-refractivity contribution in [2.24, 2.45) is 5.92 Å². The van der Waals surface area contributed by atoms with Crippen molar-refractivity contribution in [3.05, 3.63) is 0 Å². The van der Waals surface area contributed by atoms with Crippen LogP contribution in [0.25, 0.3) is 0 Å². The molecule has 3 nitrogen and oxygen atoms in total. The Morgan fingerprint density at radius 3 is 2.50 bits per heavy atom. The van der Waals surface area contributed by atoms with E-state index in [4.69, 9.17) is 14.9 Å². The summed E-state index contributed by atoms with van der Waals surface area (Å²) in [5.74, 6) is 0.599. The fourth-order valence-corrected chi connectivity index (χ4v) is 2.20. The molecule has 1 saturated heterocycles. The zero-order chi connectivity index (χ0) is 10.2. The molecule has 0 spiro atoms. The van der Waals surface area contributed by atoms with Crippen LogP contribution in [0.5, 0.6) is 0 Å². The van der Waals surface area contributed by atoms with E-state index in [1.165, 1.54) is 6.42 Å². The van der Waals surface area contributed by atoms with Crippen LogP contribution in [0.15, 0.2) is 0 Å². The number of rotatable bonds is 6. The van der Waals surface area contributed by atoms with E-state index in [9.17, 15) is 0 Å². The first-order valence-electron chi connectivity index (χ1n) is 5.71. The molecule has 1 rings (SSSR count). The largest absolute Gasteiger partial charge is 0.396 e. The van der Waals surface area contributed by atoms with Gasteiger partial charge in [0.05, 0.1) is 6.10 Å². The standard InChI is InChI=1S/C11H22O3/c12-7-1-4-10-5-3-9-14-11(10)6-2-8-13/h10-13H,1-9H2. The quantitative estimate of drug-likeness (QED) is 0.683. The number of aliphatic hydroxyl groups is 2. The van der Waals surface area contributed by atoms with Gasteiger partial charge in [-0.2, -0.15) is 0 Å². The Morgan fingerprint density at radius 2 is 1.79 bits per heavy atom. The second-order valence-corrected chi connectivity index (χ2v) is 4.04. The maximum atomic E-state index is 8.78. The summed E-state index contributed by atoms with van der Waals surface area (Å²) in [6.45, 7) is 1.40. The highest BCUT2D eigenvalue weighted by Gasteiger charge is 2.24. The van der Waals surface area contributed by atoms with Crippen molar-refractivity contribution in [1.29, 1.82) is 0 Å². The smallest absolute Gasteiger partial charge is 0.0604 e. The highest BCUT2D eigenvalue weighted by Crippen LogP contribution is 2.27. The van der Waals surface area contributed by atoms with Crippen LogP contribution in [-0.4, -0.2) is 36.1 Å². The highest BCUT2D eigenvalue weighted by molar-refractivity contribution is 4.74. The van der Waals surface area contributed by atoms with Gasteiger partial charge in [0.1, 0.15) is 0 Å². The van der Waals surface area contributed by atoms with Crippen molar-refractivity contribution >= 4 is 0 Å². The molecular weight excluding hydrogens is 180 g/mol. The predicted molar refractivity (Wildman–Crippen MR) is 55.1 cm³/mol. The molecule has 0 radical (unpaired) electrons. The summed E-state index contributed by atoms with van der Waals surface area (Å²) in [6, 6.07) is 0. The van der Waals surface area contributed by atoms with Gasteiger partial charge in [-0.15, -0.1) is 0 Å². The van der Waals surface area contributed by atoms with Gasteiger partial charge in [-0.1, -0.05) is 0 Å². The second kappa shape index (κ2) is 7.21. The van der Waals surface area contributed by atoms with Gasteiger partial charge in [-0.3, -0.25) is 0 Å². The first-order valence-corrected chi connectivity index (χ1v) is 5.71. The van der Waals surface area contributed by atoms with E-state index in [0.717, 1.165) is 38.7 Å². The molecule has 0 saturated carbocycles. The zero-order valence-corrected chi connectivity index (χ0v) is 8.82. The summed E-state index contributed by atoms with van der Waals surface area (Å²) >= 11 is 0. The van der Waals surface area contributed by atoms with Crippen LogP contribution in [-0.2, 0) is 4.74 Å². The van der Waals surface area contributed by atoms with Crippen molar-refractivity contribution in [3.8, 4) is 0 Å². The number of hydrogen-bond acceptors (Lipinski definition) is 3. The normalized spacial score (nSPS) is 27.9. The van der Waals surface area contributed by atoms with Gasteiger partial charge in [0.15, 0.2) is 0 Å². The number of aliphatic hydroxyl groups excluding tert-OH is 2. The molecule has 84 valence electrons. The van der Waals surface area contributed by atoms with Crippen molar-refractivity contribution in [2.75, 3.05) is 19.8 Å². The van der Waals surface area contributed by atoms with Crippen LogP contribution >= 0.6 is 0 Å². The van der Waals surface area contributed by atoms with Gasteiger partial charge in [-0.05, 0) is 44.4 Å². The van der Waals surface area contributed by atoms with Crippen LogP contribution in [0.2, 0.25) is 0 Å². The molecule has 0 bridgehead atoms. The van der Waals surface area contributed by atoms with Crippen LogP contribution in [0, 0.1) is 5.92 Å². The SMILES string of the molecule is OCCCC1CCCOC1CCCO. The fraction of sp³-hybridized carbons (Fsp3) is 1.00. The summed E-state index contributed by atoms with van der Waals surface area (Å²) in [6.07, 6.45) is 6.42. The van der Waals surface area contributed by atoms with Gasteiger partial charge < -0.3 is 14.9 Å². The number of hydrogen-bond donors (Lipinski definition) is 2. The molecule has 1 aliphatic heterocycles. The molecule has 2 unspecified atom stereocenters. The molecule has 0 aromatic carbocycles. The minimum atomic E-state index is 0.257. The predicted octanol–water partition coefficient (Wildman–Crippen LogP) is 1.33. The Balaban J connectivity index is 2.26. The summed E-state index contributed by atoms with van der Waals surface area (Å²) in [5, 5.41) is 17.5. The van der Waals surface area contributed by atoms with Gasteiger partial charge in [0, 0.05) is 19.8 Å². The Bertz CT molecular complexity index is 122. The Morgan fingerprint density at radius 1 is 1.07 bits per heavy atom. The highest BCUT2D eigenvalue weighted by atomic mass is 16.5. The van der Waals surface area contributed by atoms with E-state index in [2.05, 4.69) is 0 Å². The van der Waals surface area contributed by atoms with E-state index < -0.39 is 0 Å². The average molecular weight is 202 g/mol. The minimum Gasteiger partial charge on any atom is -0.396 e. The van der Waals surface area contributed by atoms with Crippen molar-refractivity contribution < 1.29 is 14.9 Å². The molecule has 2 atom stereocenters. The fourth-order valence-electron chi connectivity index (χ4n) is 2.20. The topological polar surface area (TPSA) is 49.7 Å². The third-order valence-electron chi connectivity index (χ3n) is 2.96. The summed E-state index contributed by atoms with van der Waals surface area (Å²) in [4.78, 5) is 0. The zero-order valence-electron chi connectivity index (χ0n) is 8.82. The second-order valence-electron chi connectivity index (χ2n) is 4.04. The summed E-state index contributed by atoms with van der Waals surface area (Å²) in [5.41, 5.74) is 0. The molecule has 1 aliphatic rings. The maximum absolute atomic E-state index is 8.78. The molecule has 0 aromatic heterocycles. The molecule has 0 aliphatic carbocycles. The van der Waals surface area contributed by atoms with Crippen LogP contribution in [0.3, 0.4) is 0 Å². The van der Waals surface area contributed by atoms with Crippen LogP contribution in [0.4, 0.5) is 0 Å². The maximum Gasteiger partial charge on any atom is 0.0604 e. The molecule has 14 heavy (non-hydrogen) atoms. The number of ether oxygens (including phenoxy) is 1. The lowest BCUT2D eigenvalue weighted by Gasteiger charge is -2.31. The monoisotopic (exact) mass is 202 g/mol. The van der Waals surface area contributed by atoms with E-state index in [-0.39, 0.29) is 13.2 Å². The van der Waals surface area contributed by atoms with Crippen molar-refractivity contribution in [1.82, 2.24) is 0 Å². The van der Waals surface area contributed by atoms with Gasteiger partial charge in [0.2, 0.25) is 0 Å². The Hall–Kier alpha value is -0.120. The summed E-state index contributed by atoms with van der Waals surface area (Å²) < 4.78 is 5.70. The molecule has 2 N–H and O–H groups in total. The lowest BCUT2D eigenvalue weighted by molar-refractivity contribution is -0.0374. The van der Waals surface area contributed by atoms with Crippen LogP contribution < -0.4 is 0 Å². The third kappa shape index (κ3) is 3.95. The molecule has 1 heterocycles. The van der Waals surface area contributed by atoms with Crippen LogP contribution in [0.1, 0.15) is 38.5 Å². The molecule has 0 aromatic rings. The summed E-state index contributed by atoms with van der Waals surface area (Å²) in [7, 11) is 0. The lowest BCUT2D eigenvalue weighted by Crippen LogP contribution is -2.30. The Labute approximate surface area is 86.1 Å². The van der Waals surface area contributed by atoms with E-state index >= 15 is 0 Å². The van der Waals surface area contributed by atoms with Crippen molar-refractivity contribution in [3.63, 3.8) is 0 Å². The molecular formula is C11H22O3. The van der Waals surface area contributed by atoms with Crippen molar-refractivity contribution in [2.45, 2.75) is 44.6 Å². The van der Waals surface area contributed by atoms with E-state index in [1.54, 1.807) is 0 Å². The van der Waals surface area contributed by atoms with Gasteiger partial charge in [0.25, 0.3) is 0 Å². The van der Waals surface area contributed by atoms with Gasteiger partial charge in [-0.25, -0.2) is 0 Å². The van der Waals surface area contributed by atoms with E-state index in [0.29, 0.717) is 12.0 Å². The van der Waals surface area contributed by atoms with E-state index in [1.807, 2.05) is 0 Å². The van der Waals surface area contributed by atoms with Gasteiger partial charge >= 0.3 is 0 Å². The first-order chi connectivity index (χ1) is 6.88. The average Bonchev–Trinajstić information content (AvgIpc) is 2.24. The third-order valence-corrected chi connectivity index (χ3v) is 2.96. The molecule has 0 amide bonds. The molecule has 3 heteroatoms. The first kappa shape index (κ1) is 12.0. The molecule has 1 fully saturated rings. The minimum absolute atomic E-state index is 0.257. The lowest BCUT2D eigenvalue weighted by atomic mass is 9.88.